The van der Waals surface area contributed by atoms with E-state index in [0.29, 0.717) is 32.8 Å². The minimum atomic E-state index is -0.182. The Morgan fingerprint density at radius 1 is 1.15 bits per heavy atom. The minimum Gasteiger partial charge on any atom is -0.467 e. The van der Waals surface area contributed by atoms with Crippen LogP contribution in [0, 0.1) is 0 Å². The summed E-state index contributed by atoms with van der Waals surface area (Å²) >= 11 is 0. The van der Waals surface area contributed by atoms with Crippen LogP contribution in [0.2, 0.25) is 0 Å². The van der Waals surface area contributed by atoms with Crippen molar-refractivity contribution in [1.29, 1.82) is 0 Å². The molecule has 2 amide bonds. The van der Waals surface area contributed by atoms with Gasteiger partial charge in [-0.05, 0) is 35.7 Å². The first-order valence-electron chi connectivity index (χ1n) is 8.97. The quantitative estimate of drug-likeness (QED) is 0.539. The summed E-state index contributed by atoms with van der Waals surface area (Å²) in [4.78, 5) is 11.9. The second kappa shape index (κ2) is 10.2. The van der Waals surface area contributed by atoms with Gasteiger partial charge >= 0.3 is 6.03 Å². The Balaban J connectivity index is 1.29. The highest BCUT2D eigenvalue weighted by atomic mass is 16.5. The van der Waals surface area contributed by atoms with E-state index in [-0.39, 0.29) is 6.03 Å². The van der Waals surface area contributed by atoms with Crippen molar-refractivity contribution in [1.82, 2.24) is 20.4 Å². The molecule has 2 N–H and O–H groups in total. The van der Waals surface area contributed by atoms with E-state index in [1.807, 2.05) is 47.3 Å². The van der Waals surface area contributed by atoms with Crippen LogP contribution in [-0.4, -0.2) is 29.0 Å². The normalized spacial score (nSPS) is 10.7. The fourth-order valence-corrected chi connectivity index (χ4v) is 2.61. The molecule has 27 heavy (non-hydrogen) atoms. The lowest BCUT2D eigenvalue weighted by Gasteiger charge is -2.09. The van der Waals surface area contributed by atoms with E-state index in [1.54, 1.807) is 12.5 Å². The standard InChI is InChI=1S/C20H24N4O3/c25-20(21-8-4-11-26-16-19-7-2-12-27-19)22-14-17-5-1-6-18(13-17)15-24-10-3-9-23-24/h1-3,5-7,9-10,12-13H,4,8,11,14-16H2,(H2,21,22,25). The fraction of sp³-hybridized carbons (Fsp3) is 0.300. The molecular weight excluding hydrogens is 344 g/mol. The molecule has 0 aliphatic carbocycles. The van der Waals surface area contributed by atoms with Gasteiger partial charge in [-0.15, -0.1) is 0 Å². The Labute approximate surface area is 158 Å². The van der Waals surface area contributed by atoms with Gasteiger partial charge in [0.05, 0.1) is 12.8 Å². The number of urea groups is 1. The Morgan fingerprint density at radius 2 is 2.07 bits per heavy atom. The number of amides is 2. The Kier molecular flexibility index (Phi) is 7.06. The SMILES string of the molecule is O=C(NCCCOCc1ccco1)NCc1cccc(Cn2cccn2)c1. The number of hydrogen-bond donors (Lipinski definition) is 2. The molecule has 0 spiro atoms. The summed E-state index contributed by atoms with van der Waals surface area (Å²) in [5.74, 6) is 0.801. The molecule has 0 aliphatic rings. The third-order valence-corrected chi connectivity index (χ3v) is 3.92. The summed E-state index contributed by atoms with van der Waals surface area (Å²) in [6.45, 7) is 2.77. The molecular formula is C20H24N4O3. The lowest BCUT2D eigenvalue weighted by Crippen LogP contribution is -2.35. The molecule has 2 heterocycles. The molecule has 0 saturated carbocycles. The highest BCUT2D eigenvalue weighted by molar-refractivity contribution is 5.73. The molecule has 0 unspecified atom stereocenters. The van der Waals surface area contributed by atoms with Crippen LogP contribution < -0.4 is 10.6 Å². The smallest absolute Gasteiger partial charge is 0.315 e. The second-order valence-electron chi connectivity index (χ2n) is 6.12. The Bertz CT molecular complexity index is 801. The zero-order valence-electron chi connectivity index (χ0n) is 15.1. The highest BCUT2D eigenvalue weighted by Crippen LogP contribution is 2.07. The van der Waals surface area contributed by atoms with Gasteiger partial charge in [0, 0.05) is 32.1 Å². The number of rotatable bonds is 10. The number of carbonyl (C=O) groups is 1. The molecule has 3 rings (SSSR count). The molecule has 0 saturated heterocycles. The Hall–Kier alpha value is -3.06. The van der Waals surface area contributed by atoms with Crippen molar-refractivity contribution in [2.75, 3.05) is 13.2 Å². The van der Waals surface area contributed by atoms with E-state index < -0.39 is 0 Å². The van der Waals surface area contributed by atoms with Crippen LogP contribution in [0.1, 0.15) is 23.3 Å². The number of carbonyl (C=O) groups excluding carboxylic acids is 1. The minimum absolute atomic E-state index is 0.182. The number of furan rings is 1. The van der Waals surface area contributed by atoms with Gasteiger partial charge in [-0.1, -0.05) is 24.3 Å². The average molecular weight is 368 g/mol. The molecule has 1 aromatic carbocycles. The number of aromatic nitrogens is 2. The summed E-state index contributed by atoms with van der Waals surface area (Å²) in [6, 6.07) is 13.5. The van der Waals surface area contributed by atoms with Crippen LogP contribution in [0.25, 0.3) is 0 Å². The van der Waals surface area contributed by atoms with Gasteiger partial charge in [-0.3, -0.25) is 4.68 Å². The van der Waals surface area contributed by atoms with Crippen LogP contribution in [0.3, 0.4) is 0 Å². The lowest BCUT2D eigenvalue weighted by molar-refractivity contribution is 0.104. The summed E-state index contributed by atoms with van der Waals surface area (Å²) in [5.41, 5.74) is 2.20. The molecule has 0 aliphatic heterocycles. The summed E-state index contributed by atoms with van der Waals surface area (Å²) in [5, 5.41) is 9.91. The maximum absolute atomic E-state index is 11.9. The van der Waals surface area contributed by atoms with E-state index in [0.717, 1.165) is 23.3 Å². The molecule has 7 heteroatoms. The van der Waals surface area contributed by atoms with Crippen LogP contribution in [0.4, 0.5) is 4.79 Å². The van der Waals surface area contributed by atoms with Gasteiger partial charge in [-0.2, -0.15) is 5.10 Å². The van der Waals surface area contributed by atoms with Gasteiger partial charge in [-0.25, -0.2) is 4.79 Å². The number of nitrogens with one attached hydrogen (secondary N) is 2. The molecule has 0 radical (unpaired) electrons. The summed E-state index contributed by atoms with van der Waals surface area (Å²) in [7, 11) is 0. The number of ether oxygens (including phenoxy) is 1. The van der Waals surface area contributed by atoms with Gasteiger partial charge < -0.3 is 19.8 Å². The molecule has 0 atom stereocenters. The van der Waals surface area contributed by atoms with Crippen molar-refractivity contribution < 1.29 is 13.9 Å². The Morgan fingerprint density at radius 3 is 2.89 bits per heavy atom. The van der Waals surface area contributed by atoms with Crippen LogP contribution >= 0.6 is 0 Å². The van der Waals surface area contributed by atoms with Gasteiger partial charge in [0.15, 0.2) is 0 Å². The van der Waals surface area contributed by atoms with Crippen molar-refractivity contribution >= 4 is 6.03 Å². The van der Waals surface area contributed by atoms with Crippen molar-refractivity contribution in [2.24, 2.45) is 0 Å². The summed E-state index contributed by atoms with van der Waals surface area (Å²) < 4.78 is 12.5. The summed E-state index contributed by atoms with van der Waals surface area (Å²) in [6.07, 6.45) is 6.06. The first kappa shape index (κ1) is 18.7. The zero-order chi connectivity index (χ0) is 18.7. The molecule has 7 nitrogen and oxygen atoms in total. The van der Waals surface area contributed by atoms with E-state index in [9.17, 15) is 4.79 Å². The average Bonchev–Trinajstić information content (AvgIpc) is 3.37. The number of benzene rings is 1. The van der Waals surface area contributed by atoms with Gasteiger partial charge in [0.1, 0.15) is 12.4 Å². The first-order chi connectivity index (χ1) is 13.3. The number of hydrogen-bond acceptors (Lipinski definition) is 4. The molecule has 2 aromatic heterocycles. The van der Waals surface area contributed by atoms with Crippen molar-refractivity contribution in [3.63, 3.8) is 0 Å². The molecule has 142 valence electrons. The maximum atomic E-state index is 11.9. The third kappa shape index (κ3) is 6.63. The van der Waals surface area contributed by atoms with Gasteiger partial charge in [0.25, 0.3) is 0 Å². The highest BCUT2D eigenvalue weighted by Gasteiger charge is 2.02. The van der Waals surface area contributed by atoms with Crippen LogP contribution in [0.5, 0.6) is 0 Å². The predicted molar refractivity (Wildman–Crippen MR) is 101 cm³/mol. The van der Waals surface area contributed by atoms with Gasteiger partial charge in [0.2, 0.25) is 0 Å². The monoisotopic (exact) mass is 368 g/mol. The van der Waals surface area contributed by atoms with Crippen molar-refractivity contribution in [3.8, 4) is 0 Å². The van der Waals surface area contributed by atoms with Crippen molar-refractivity contribution in [2.45, 2.75) is 26.1 Å². The van der Waals surface area contributed by atoms with Crippen molar-refractivity contribution in [3.05, 3.63) is 78.0 Å². The second-order valence-corrected chi connectivity index (χ2v) is 6.12. The van der Waals surface area contributed by atoms with Crippen LogP contribution in [0.15, 0.2) is 65.5 Å². The molecule has 0 bridgehead atoms. The molecule has 0 fully saturated rings. The lowest BCUT2D eigenvalue weighted by atomic mass is 10.1. The predicted octanol–water partition coefficient (Wildman–Crippen LogP) is 2.93. The van der Waals surface area contributed by atoms with E-state index in [2.05, 4.69) is 21.8 Å². The largest absolute Gasteiger partial charge is 0.467 e. The van der Waals surface area contributed by atoms with E-state index in [1.165, 1.54) is 0 Å². The number of nitrogens with zero attached hydrogens (tertiary/aromatic N) is 2. The zero-order valence-corrected chi connectivity index (χ0v) is 15.1. The first-order valence-corrected chi connectivity index (χ1v) is 8.97. The van der Waals surface area contributed by atoms with E-state index >= 15 is 0 Å². The fourth-order valence-electron chi connectivity index (χ4n) is 2.61. The topological polar surface area (TPSA) is 81.3 Å². The van der Waals surface area contributed by atoms with E-state index in [4.69, 9.17) is 9.15 Å². The molecule has 3 aromatic rings. The maximum Gasteiger partial charge on any atom is 0.315 e. The van der Waals surface area contributed by atoms with Crippen LogP contribution in [-0.2, 0) is 24.4 Å². The third-order valence-electron chi connectivity index (χ3n) is 3.92.